The Kier molecular flexibility index (Phi) is 3.68. The second kappa shape index (κ2) is 5.10. The molecule has 19 heavy (non-hydrogen) atoms. The summed E-state index contributed by atoms with van der Waals surface area (Å²) in [5.41, 5.74) is 5.90. The molecule has 8 heteroatoms. The number of nitrogens with two attached hydrogens (primary N) is 1. The molecule has 0 unspecified atom stereocenters. The van der Waals surface area contributed by atoms with E-state index in [-0.39, 0.29) is 32.2 Å². The molecular formula is C11H8BrClFN5. The van der Waals surface area contributed by atoms with E-state index in [4.69, 9.17) is 28.2 Å². The first-order valence-corrected chi connectivity index (χ1v) is 6.21. The van der Waals surface area contributed by atoms with Crippen LogP contribution in [0.3, 0.4) is 0 Å². The Hall–Kier alpha value is -1.73. The molecule has 5 nitrogen and oxygen atoms in total. The Morgan fingerprint density at radius 3 is 2.74 bits per heavy atom. The molecule has 0 saturated heterocycles. The van der Waals surface area contributed by atoms with E-state index in [0.29, 0.717) is 0 Å². The molecule has 2 aromatic rings. The second-order valence-electron chi connectivity index (χ2n) is 3.60. The molecule has 1 heterocycles. The Morgan fingerprint density at radius 1 is 1.47 bits per heavy atom. The van der Waals surface area contributed by atoms with E-state index in [0.717, 1.165) is 17.0 Å². The van der Waals surface area contributed by atoms with E-state index < -0.39 is 5.82 Å². The van der Waals surface area contributed by atoms with Crippen LogP contribution in [0.25, 0.3) is 11.3 Å². The summed E-state index contributed by atoms with van der Waals surface area (Å²) in [6.45, 7) is 0. The van der Waals surface area contributed by atoms with Crippen molar-refractivity contribution in [2.45, 2.75) is 0 Å². The molecule has 0 aliphatic carbocycles. The summed E-state index contributed by atoms with van der Waals surface area (Å²) in [6.07, 6.45) is 0.859. The SMILES string of the molecule is N=Cn1c(N)nc(-c2ccc(Cl)cc2F)c(Br)c1=N. The molecule has 4 N–H and O–H groups in total. The first-order valence-electron chi connectivity index (χ1n) is 5.03. The zero-order valence-corrected chi connectivity index (χ0v) is 11.8. The second-order valence-corrected chi connectivity index (χ2v) is 4.83. The van der Waals surface area contributed by atoms with Gasteiger partial charge in [-0.2, -0.15) is 0 Å². The number of rotatable bonds is 2. The first-order chi connectivity index (χ1) is 8.95. The number of nitrogens with zero attached hydrogens (tertiary/aromatic N) is 2. The van der Waals surface area contributed by atoms with E-state index in [1.165, 1.54) is 12.1 Å². The number of hydrogen-bond acceptors (Lipinski definition) is 4. The highest BCUT2D eigenvalue weighted by Gasteiger charge is 2.15. The third-order valence-electron chi connectivity index (χ3n) is 2.45. The molecule has 0 aliphatic heterocycles. The molecular weight excluding hydrogens is 337 g/mol. The maximum atomic E-state index is 13.9. The zero-order valence-electron chi connectivity index (χ0n) is 9.42. The van der Waals surface area contributed by atoms with E-state index >= 15 is 0 Å². The number of hydrogen-bond donors (Lipinski definition) is 3. The van der Waals surface area contributed by atoms with Crippen molar-refractivity contribution < 1.29 is 4.39 Å². The van der Waals surface area contributed by atoms with Crippen LogP contribution in [0.4, 0.5) is 10.3 Å². The molecule has 0 atom stereocenters. The van der Waals surface area contributed by atoms with Crippen molar-refractivity contribution >= 4 is 39.8 Å². The van der Waals surface area contributed by atoms with Gasteiger partial charge in [-0.05, 0) is 34.1 Å². The van der Waals surface area contributed by atoms with E-state index in [2.05, 4.69) is 20.9 Å². The number of benzene rings is 1. The third kappa shape index (κ3) is 2.39. The minimum absolute atomic E-state index is 0.0763. The van der Waals surface area contributed by atoms with Crippen LogP contribution in [-0.2, 0) is 0 Å². The molecule has 0 bridgehead atoms. The van der Waals surface area contributed by atoms with Gasteiger partial charge in [-0.25, -0.2) is 9.37 Å². The molecule has 0 radical (unpaired) electrons. The van der Waals surface area contributed by atoms with Gasteiger partial charge in [-0.15, -0.1) is 0 Å². The molecule has 98 valence electrons. The Balaban J connectivity index is 2.77. The number of nitrogen functional groups attached to an aromatic ring is 1. The van der Waals surface area contributed by atoms with Crippen molar-refractivity contribution in [2.75, 3.05) is 5.73 Å². The lowest BCUT2D eigenvalue weighted by atomic mass is 10.1. The van der Waals surface area contributed by atoms with E-state index in [9.17, 15) is 4.39 Å². The van der Waals surface area contributed by atoms with Gasteiger partial charge < -0.3 is 5.73 Å². The van der Waals surface area contributed by atoms with Crippen molar-refractivity contribution in [1.29, 1.82) is 10.8 Å². The third-order valence-corrected chi connectivity index (χ3v) is 3.43. The predicted molar refractivity (Wildman–Crippen MR) is 74.8 cm³/mol. The fraction of sp³-hybridized carbons (Fsp3) is 0. The van der Waals surface area contributed by atoms with Crippen LogP contribution in [0, 0.1) is 16.6 Å². The molecule has 1 aromatic carbocycles. The Labute approximate surface area is 121 Å². The maximum absolute atomic E-state index is 13.9. The molecule has 2 rings (SSSR count). The average molecular weight is 345 g/mol. The van der Waals surface area contributed by atoms with E-state index in [1.54, 1.807) is 0 Å². The average Bonchev–Trinajstić information content (AvgIpc) is 2.35. The fourth-order valence-electron chi connectivity index (χ4n) is 1.54. The number of aromatic nitrogens is 2. The van der Waals surface area contributed by atoms with Crippen molar-refractivity contribution in [2.24, 2.45) is 0 Å². The van der Waals surface area contributed by atoms with Gasteiger partial charge in [0.05, 0.1) is 16.5 Å². The summed E-state index contributed by atoms with van der Waals surface area (Å²) in [7, 11) is 0. The van der Waals surface area contributed by atoms with Crippen LogP contribution in [0.2, 0.25) is 5.02 Å². The van der Waals surface area contributed by atoms with Crippen molar-refractivity contribution in [1.82, 2.24) is 9.55 Å². The number of anilines is 1. The first kappa shape index (κ1) is 13.7. The van der Waals surface area contributed by atoms with Crippen molar-refractivity contribution in [3.63, 3.8) is 0 Å². The Bertz CT molecular complexity index is 728. The van der Waals surface area contributed by atoms with Gasteiger partial charge in [0.25, 0.3) is 0 Å². The lowest BCUT2D eigenvalue weighted by molar-refractivity contribution is 0.630. The van der Waals surface area contributed by atoms with Crippen LogP contribution < -0.4 is 11.2 Å². The van der Waals surface area contributed by atoms with Crippen LogP contribution in [0.1, 0.15) is 0 Å². The van der Waals surface area contributed by atoms with Crippen molar-refractivity contribution in [3.05, 3.63) is 39.0 Å². The quantitative estimate of drug-likeness (QED) is 0.577. The molecule has 0 aliphatic rings. The van der Waals surface area contributed by atoms with Gasteiger partial charge in [0.1, 0.15) is 11.3 Å². The zero-order chi connectivity index (χ0) is 14.2. The van der Waals surface area contributed by atoms with Gasteiger partial charge in [0, 0.05) is 10.6 Å². The predicted octanol–water partition coefficient (Wildman–Crippen LogP) is 2.62. The molecule has 0 saturated carbocycles. The highest BCUT2D eigenvalue weighted by atomic mass is 79.9. The lowest BCUT2D eigenvalue weighted by Gasteiger charge is -2.10. The number of halogens is 3. The molecule has 0 amide bonds. The van der Waals surface area contributed by atoms with E-state index in [1.807, 2.05) is 0 Å². The smallest absolute Gasteiger partial charge is 0.207 e. The summed E-state index contributed by atoms with van der Waals surface area (Å²) in [6, 6.07) is 4.13. The van der Waals surface area contributed by atoms with Crippen LogP contribution >= 0.6 is 27.5 Å². The normalized spacial score (nSPS) is 10.5. The van der Waals surface area contributed by atoms with Crippen LogP contribution in [0.15, 0.2) is 22.7 Å². The minimum atomic E-state index is -0.563. The summed E-state index contributed by atoms with van der Waals surface area (Å²) in [5.74, 6) is -0.639. The molecule has 1 aromatic heterocycles. The lowest BCUT2D eigenvalue weighted by Crippen LogP contribution is -2.25. The van der Waals surface area contributed by atoms with Gasteiger partial charge in [0.15, 0.2) is 0 Å². The van der Waals surface area contributed by atoms with Gasteiger partial charge in [-0.1, -0.05) is 11.6 Å². The topological polar surface area (TPSA) is 91.5 Å². The monoisotopic (exact) mass is 343 g/mol. The van der Waals surface area contributed by atoms with Gasteiger partial charge in [0.2, 0.25) is 5.95 Å². The molecule has 0 fully saturated rings. The van der Waals surface area contributed by atoms with Gasteiger partial charge >= 0.3 is 0 Å². The molecule has 0 spiro atoms. The maximum Gasteiger partial charge on any atom is 0.207 e. The standard InChI is InChI=1S/C11H8BrClFN5/c12-8-9(6-2-1-5(13)3-7(6)14)18-11(17)19(4-15)10(8)16/h1-4,15-16H,(H2,17,18). The van der Waals surface area contributed by atoms with Gasteiger partial charge in [-0.3, -0.25) is 15.4 Å². The summed E-state index contributed by atoms with van der Waals surface area (Å²) in [5, 5.41) is 15.3. The largest absolute Gasteiger partial charge is 0.369 e. The summed E-state index contributed by atoms with van der Waals surface area (Å²) >= 11 is 8.85. The number of nitrogens with one attached hydrogen (secondary N) is 2. The minimum Gasteiger partial charge on any atom is -0.369 e. The summed E-state index contributed by atoms with van der Waals surface area (Å²) < 4.78 is 15.2. The highest BCUT2D eigenvalue weighted by Crippen LogP contribution is 2.28. The van der Waals surface area contributed by atoms with Crippen LogP contribution in [-0.4, -0.2) is 15.9 Å². The van der Waals surface area contributed by atoms with Crippen molar-refractivity contribution in [3.8, 4) is 11.3 Å². The van der Waals surface area contributed by atoms with Crippen LogP contribution in [0.5, 0.6) is 0 Å². The summed E-state index contributed by atoms with van der Waals surface area (Å²) in [4.78, 5) is 4.00. The Morgan fingerprint density at radius 2 is 2.16 bits per heavy atom. The fourth-order valence-corrected chi connectivity index (χ4v) is 2.19. The highest BCUT2D eigenvalue weighted by molar-refractivity contribution is 9.10.